The van der Waals surface area contributed by atoms with Crippen molar-refractivity contribution in [1.29, 1.82) is 0 Å². The first-order valence-electron chi connectivity index (χ1n) is 2.52. The minimum Gasteiger partial charge on any atom is -0.335 e. The summed E-state index contributed by atoms with van der Waals surface area (Å²) in [6, 6.07) is 0. The molecule has 0 aliphatic rings. The van der Waals surface area contributed by atoms with E-state index in [2.05, 4.69) is 6.26 Å². The number of thioether (sulfide) groups is 1. The molecule has 0 unspecified atom stereocenters. The van der Waals surface area contributed by atoms with E-state index in [0.717, 1.165) is 6.42 Å². The van der Waals surface area contributed by atoms with Crippen LogP contribution in [0.25, 0.3) is 0 Å². The molecule has 0 aliphatic carbocycles. The van der Waals surface area contributed by atoms with Crippen molar-refractivity contribution in [3.05, 3.63) is 0 Å². The highest BCUT2D eigenvalue weighted by molar-refractivity contribution is 7.98. The summed E-state index contributed by atoms with van der Waals surface area (Å²) in [5, 5.41) is 0. The molecule has 42 valence electrons. The van der Waals surface area contributed by atoms with E-state index in [9.17, 15) is 0 Å². The molecule has 2 N–H and O–H groups in total. The molecule has 0 aromatic heterocycles. The number of hydrogen-bond donors (Lipinski definition) is 1. The van der Waals surface area contributed by atoms with Gasteiger partial charge in [-0.2, -0.15) is 11.8 Å². The van der Waals surface area contributed by atoms with Crippen molar-refractivity contribution >= 4 is 19.6 Å². The second-order valence-corrected chi connectivity index (χ2v) is 2.74. The third-order valence-corrected chi connectivity index (χ3v) is 1.42. The van der Waals surface area contributed by atoms with Gasteiger partial charge in [-0.15, -0.1) is 0 Å². The predicted molar refractivity (Wildman–Crippen MR) is 39.5 cm³/mol. The van der Waals surface area contributed by atoms with Gasteiger partial charge in [0.25, 0.3) is 0 Å². The molecule has 0 saturated carbocycles. The minimum atomic E-state index is 0.382. The molecule has 0 rings (SSSR count). The lowest BCUT2D eigenvalue weighted by molar-refractivity contribution is 0.866. The molecule has 0 bridgehead atoms. The van der Waals surface area contributed by atoms with Crippen LogP contribution in [0.2, 0.25) is 0 Å². The Kier molecular flexibility index (Phi) is 4.77. The van der Waals surface area contributed by atoms with Gasteiger partial charge < -0.3 is 5.73 Å². The van der Waals surface area contributed by atoms with Crippen LogP contribution in [-0.4, -0.2) is 25.8 Å². The SMILES string of the molecule is B[C@@H](N)CCSC. The zero-order chi connectivity index (χ0) is 5.70. The molecule has 1 atom stereocenters. The number of nitrogens with two attached hydrogens (primary N) is 1. The van der Waals surface area contributed by atoms with E-state index in [1.165, 1.54) is 5.75 Å². The van der Waals surface area contributed by atoms with Gasteiger partial charge in [0.2, 0.25) is 0 Å². The largest absolute Gasteiger partial charge is 0.335 e. The van der Waals surface area contributed by atoms with Gasteiger partial charge in [0.1, 0.15) is 7.85 Å². The fourth-order valence-electron chi connectivity index (χ4n) is 0.304. The Morgan fingerprint density at radius 2 is 2.43 bits per heavy atom. The van der Waals surface area contributed by atoms with Crippen LogP contribution in [0.4, 0.5) is 0 Å². The van der Waals surface area contributed by atoms with Crippen molar-refractivity contribution in [2.24, 2.45) is 5.73 Å². The van der Waals surface area contributed by atoms with Crippen LogP contribution < -0.4 is 5.73 Å². The van der Waals surface area contributed by atoms with Gasteiger partial charge in [-0.25, -0.2) is 0 Å². The van der Waals surface area contributed by atoms with E-state index >= 15 is 0 Å². The number of hydrogen-bond acceptors (Lipinski definition) is 2. The standard InChI is InChI=1S/C4H12BNS/c1-7-3-2-4(5)6/h4H,2-3,5-6H2,1H3/t4-/m0/s1. The lowest BCUT2D eigenvalue weighted by Crippen LogP contribution is -2.19. The van der Waals surface area contributed by atoms with E-state index in [-0.39, 0.29) is 0 Å². The highest BCUT2D eigenvalue weighted by Gasteiger charge is 1.89. The van der Waals surface area contributed by atoms with Crippen molar-refractivity contribution in [1.82, 2.24) is 0 Å². The Hall–Kier alpha value is 0.375. The monoisotopic (exact) mass is 117 g/mol. The van der Waals surface area contributed by atoms with E-state index < -0.39 is 0 Å². The Morgan fingerprint density at radius 3 is 2.57 bits per heavy atom. The maximum Gasteiger partial charge on any atom is 0.123 e. The van der Waals surface area contributed by atoms with Crippen LogP contribution in [0.3, 0.4) is 0 Å². The summed E-state index contributed by atoms with van der Waals surface area (Å²) >= 11 is 1.85. The summed E-state index contributed by atoms with van der Waals surface area (Å²) in [7, 11) is 2.04. The van der Waals surface area contributed by atoms with Gasteiger partial charge in [-0.3, -0.25) is 0 Å². The van der Waals surface area contributed by atoms with Crippen molar-refractivity contribution in [3.8, 4) is 0 Å². The Morgan fingerprint density at radius 1 is 1.86 bits per heavy atom. The van der Waals surface area contributed by atoms with Gasteiger partial charge in [0.05, 0.1) is 0 Å². The van der Waals surface area contributed by atoms with Crippen LogP contribution in [-0.2, 0) is 0 Å². The molecule has 0 aromatic rings. The zero-order valence-electron chi connectivity index (χ0n) is 4.98. The van der Waals surface area contributed by atoms with Crippen LogP contribution in [0.15, 0.2) is 0 Å². The van der Waals surface area contributed by atoms with Gasteiger partial charge in [-0.1, -0.05) is 0 Å². The smallest absolute Gasteiger partial charge is 0.123 e. The Bertz CT molecular complexity index is 40.7. The first kappa shape index (κ1) is 7.37. The second kappa shape index (κ2) is 4.53. The zero-order valence-corrected chi connectivity index (χ0v) is 5.79. The molecule has 0 radical (unpaired) electrons. The van der Waals surface area contributed by atoms with E-state index in [1.807, 2.05) is 19.6 Å². The first-order valence-corrected chi connectivity index (χ1v) is 3.91. The topological polar surface area (TPSA) is 26.0 Å². The molecule has 0 saturated heterocycles. The average molecular weight is 117 g/mol. The third kappa shape index (κ3) is 6.37. The fraction of sp³-hybridized carbons (Fsp3) is 1.00. The first-order chi connectivity index (χ1) is 3.27. The molecule has 0 aliphatic heterocycles. The maximum absolute atomic E-state index is 5.47. The molecule has 0 aromatic carbocycles. The Labute approximate surface area is 50.4 Å². The molecule has 0 heterocycles. The summed E-state index contributed by atoms with van der Waals surface area (Å²) in [5.41, 5.74) is 5.47. The summed E-state index contributed by atoms with van der Waals surface area (Å²) in [6.07, 6.45) is 3.24. The summed E-state index contributed by atoms with van der Waals surface area (Å²) in [4.78, 5) is 0. The lowest BCUT2D eigenvalue weighted by atomic mass is 9.96. The molecule has 1 nitrogen and oxygen atoms in total. The minimum absolute atomic E-state index is 0.382. The molecule has 0 fully saturated rings. The van der Waals surface area contributed by atoms with Crippen molar-refractivity contribution < 1.29 is 0 Å². The summed E-state index contributed by atoms with van der Waals surface area (Å²) < 4.78 is 0. The lowest BCUT2D eigenvalue weighted by Gasteiger charge is -1.99. The van der Waals surface area contributed by atoms with E-state index in [4.69, 9.17) is 5.73 Å². The van der Waals surface area contributed by atoms with Gasteiger partial charge >= 0.3 is 0 Å². The Balaban J connectivity index is 2.68. The quantitative estimate of drug-likeness (QED) is 0.511. The molecule has 0 spiro atoms. The highest BCUT2D eigenvalue weighted by atomic mass is 32.2. The van der Waals surface area contributed by atoms with E-state index in [1.54, 1.807) is 0 Å². The van der Waals surface area contributed by atoms with Crippen molar-refractivity contribution in [2.45, 2.75) is 12.4 Å². The predicted octanol–water partition coefficient (Wildman–Crippen LogP) is -0.343. The highest BCUT2D eigenvalue weighted by Crippen LogP contribution is 1.94. The number of rotatable bonds is 3. The fourth-order valence-corrected chi connectivity index (χ4v) is 0.911. The van der Waals surface area contributed by atoms with E-state index in [0.29, 0.717) is 5.94 Å². The summed E-state index contributed by atoms with van der Waals surface area (Å²) in [5.74, 6) is 1.57. The van der Waals surface area contributed by atoms with Crippen LogP contribution in [0.5, 0.6) is 0 Å². The maximum atomic E-state index is 5.47. The van der Waals surface area contributed by atoms with Crippen LogP contribution >= 0.6 is 11.8 Å². The van der Waals surface area contributed by atoms with Crippen LogP contribution in [0, 0.1) is 0 Å². The second-order valence-electron chi connectivity index (χ2n) is 1.76. The van der Waals surface area contributed by atoms with Gasteiger partial charge in [0.15, 0.2) is 0 Å². The molecule has 3 heteroatoms. The molecule has 0 amide bonds. The summed E-state index contributed by atoms with van der Waals surface area (Å²) in [6.45, 7) is 0. The third-order valence-electron chi connectivity index (χ3n) is 0.777. The molecule has 7 heavy (non-hydrogen) atoms. The van der Waals surface area contributed by atoms with Crippen molar-refractivity contribution in [3.63, 3.8) is 0 Å². The normalized spacial score (nSPS) is 14.0. The van der Waals surface area contributed by atoms with Crippen molar-refractivity contribution in [2.75, 3.05) is 12.0 Å². The molecular weight excluding hydrogens is 105 g/mol. The molecular formula is C4H12BNS. The average Bonchev–Trinajstić information content (AvgIpc) is 1.61. The van der Waals surface area contributed by atoms with Gasteiger partial charge in [-0.05, 0) is 24.4 Å². The van der Waals surface area contributed by atoms with Gasteiger partial charge in [0, 0.05) is 0 Å². The van der Waals surface area contributed by atoms with Crippen LogP contribution in [0.1, 0.15) is 6.42 Å².